The van der Waals surface area contributed by atoms with Crippen molar-refractivity contribution in [2.24, 2.45) is 7.05 Å². The zero-order valence-corrected chi connectivity index (χ0v) is 15.9. The van der Waals surface area contributed by atoms with Gasteiger partial charge in [0.25, 0.3) is 0 Å². The van der Waals surface area contributed by atoms with Gasteiger partial charge in [-0.15, -0.1) is 0 Å². The molecule has 136 valence electrons. The Balaban J connectivity index is 1.94. The number of hydrogen-bond donors (Lipinski definition) is 2. The van der Waals surface area contributed by atoms with E-state index >= 15 is 0 Å². The van der Waals surface area contributed by atoms with Gasteiger partial charge in [0.15, 0.2) is 0 Å². The lowest BCUT2D eigenvalue weighted by atomic mass is 10.1. The number of aromatic nitrogens is 2. The summed E-state index contributed by atoms with van der Waals surface area (Å²) in [5.74, 6) is 0.801. The Morgan fingerprint density at radius 1 is 1.16 bits per heavy atom. The summed E-state index contributed by atoms with van der Waals surface area (Å²) >= 11 is 0. The first-order chi connectivity index (χ1) is 11.6. The first-order valence-corrected chi connectivity index (χ1v) is 8.44. The fourth-order valence-corrected chi connectivity index (χ4v) is 2.47. The Kier molecular flexibility index (Phi) is 5.72. The number of amides is 2. The lowest BCUT2D eigenvalue weighted by Crippen LogP contribution is -2.35. The lowest BCUT2D eigenvalue weighted by molar-refractivity contribution is 0.129. The first kappa shape index (κ1) is 18.8. The van der Waals surface area contributed by atoms with Gasteiger partial charge in [-0.1, -0.05) is 12.1 Å². The van der Waals surface area contributed by atoms with Gasteiger partial charge in [-0.25, -0.2) is 4.79 Å². The van der Waals surface area contributed by atoms with E-state index in [0.717, 1.165) is 28.3 Å². The molecule has 25 heavy (non-hydrogen) atoms. The molecule has 1 aromatic heterocycles. The molecule has 0 aliphatic rings. The molecule has 1 aromatic carbocycles. The number of hydrogen-bond acceptors (Lipinski definition) is 3. The van der Waals surface area contributed by atoms with Gasteiger partial charge in [0.1, 0.15) is 11.4 Å². The van der Waals surface area contributed by atoms with E-state index < -0.39 is 0 Å². The predicted molar refractivity (Wildman–Crippen MR) is 98.6 cm³/mol. The molecule has 0 aliphatic carbocycles. The van der Waals surface area contributed by atoms with E-state index in [1.54, 1.807) is 4.68 Å². The van der Waals surface area contributed by atoms with Crippen LogP contribution in [0.4, 0.5) is 4.79 Å². The molecule has 0 aliphatic heterocycles. The van der Waals surface area contributed by atoms with E-state index in [0.29, 0.717) is 13.1 Å². The molecule has 0 saturated carbocycles. The van der Waals surface area contributed by atoms with Crippen molar-refractivity contribution in [2.75, 3.05) is 0 Å². The molecule has 0 saturated heterocycles. The van der Waals surface area contributed by atoms with Crippen molar-refractivity contribution in [1.29, 1.82) is 0 Å². The number of rotatable bonds is 5. The maximum Gasteiger partial charge on any atom is 0.315 e. The van der Waals surface area contributed by atoms with Crippen LogP contribution in [-0.2, 0) is 20.1 Å². The quantitative estimate of drug-likeness (QED) is 0.875. The van der Waals surface area contributed by atoms with E-state index in [-0.39, 0.29) is 11.6 Å². The molecule has 2 amide bonds. The second-order valence-electron chi connectivity index (χ2n) is 7.26. The summed E-state index contributed by atoms with van der Waals surface area (Å²) in [5.41, 5.74) is 3.68. The van der Waals surface area contributed by atoms with Crippen LogP contribution in [-0.4, -0.2) is 21.4 Å². The van der Waals surface area contributed by atoms with Crippen LogP contribution in [0.2, 0.25) is 0 Å². The highest BCUT2D eigenvalue weighted by Gasteiger charge is 2.15. The average Bonchev–Trinajstić information content (AvgIpc) is 2.80. The summed E-state index contributed by atoms with van der Waals surface area (Å²) in [6, 6.07) is 7.74. The molecule has 0 spiro atoms. The monoisotopic (exact) mass is 344 g/mol. The number of carbonyl (C=O) groups is 1. The van der Waals surface area contributed by atoms with Gasteiger partial charge in [0, 0.05) is 19.2 Å². The summed E-state index contributed by atoms with van der Waals surface area (Å²) in [4.78, 5) is 12.1. The van der Waals surface area contributed by atoms with E-state index in [9.17, 15) is 4.79 Å². The largest absolute Gasteiger partial charge is 0.488 e. The third kappa shape index (κ3) is 5.81. The highest BCUT2D eigenvalue weighted by molar-refractivity contribution is 5.73. The molecular weight excluding hydrogens is 316 g/mol. The van der Waals surface area contributed by atoms with E-state index in [4.69, 9.17) is 4.74 Å². The van der Waals surface area contributed by atoms with Gasteiger partial charge in [0.2, 0.25) is 0 Å². The van der Waals surface area contributed by atoms with Crippen LogP contribution in [0.3, 0.4) is 0 Å². The van der Waals surface area contributed by atoms with Crippen molar-refractivity contribution in [1.82, 2.24) is 20.4 Å². The number of carbonyl (C=O) groups excluding carboxylic acids is 1. The molecule has 0 atom stereocenters. The van der Waals surface area contributed by atoms with Crippen molar-refractivity contribution >= 4 is 6.03 Å². The zero-order valence-electron chi connectivity index (χ0n) is 15.9. The summed E-state index contributed by atoms with van der Waals surface area (Å²) < 4.78 is 7.78. The Morgan fingerprint density at radius 3 is 2.44 bits per heavy atom. The van der Waals surface area contributed by atoms with E-state index in [1.165, 1.54) is 0 Å². The number of ether oxygens (including phenoxy) is 1. The van der Waals surface area contributed by atoms with Crippen LogP contribution in [0.15, 0.2) is 24.3 Å². The predicted octanol–water partition coefficient (Wildman–Crippen LogP) is 3.21. The summed E-state index contributed by atoms with van der Waals surface area (Å²) in [6.45, 7) is 10.8. The van der Waals surface area contributed by atoms with Gasteiger partial charge >= 0.3 is 6.03 Å². The van der Waals surface area contributed by atoms with Crippen LogP contribution >= 0.6 is 0 Å². The topological polar surface area (TPSA) is 68.2 Å². The van der Waals surface area contributed by atoms with E-state index in [2.05, 4.69) is 15.7 Å². The van der Waals surface area contributed by atoms with Crippen molar-refractivity contribution in [2.45, 2.75) is 53.3 Å². The second-order valence-corrected chi connectivity index (χ2v) is 7.26. The van der Waals surface area contributed by atoms with Gasteiger partial charge < -0.3 is 15.4 Å². The van der Waals surface area contributed by atoms with Crippen LogP contribution in [0.5, 0.6) is 5.75 Å². The Bertz CT molecular complexity index is 744. The minimum Gasteiger partial charge on any atom is -0.488 e. The molecular formula is C19H28N4O2. The first-order valence-electron chi connectivity index (χ1n) is 8.44. The van der Waals surface area contributed by atoms with Crippen molar-refractivity contribution < 1.29 is 9.53 Å². The molecule has 6 heteroatoms. The highest BCUT2D eigenvalue weighted by atomic mass is 16.5. The average molecular weight is 344 g/mol. The van der Waals surface area contributed by atoms with Crippen LogP contribution in [0, 0.1) is 13.8 Å². The molecule has 2 N–H and O–H groups in total. The fourth-order valence-electron chi connectivity index (χ4n) is 2.47. The number of aryl methyl sites for hydroxylation is 3. The van der Waals surface area contributed by atoms with Crippen molar-refractivity contribution in [3.05, 3.63) is 46.8 Å². The lowest BCUT2D eigenvalue weighted by Gasteiger charge is -2.24. The molecule has 0 radical (unpaired) electrons. The molecule has 2 aromatic rings. The minimum atomic E-state index is -0.289. The molecule has 0 unspecified atom stereocenters. The maximum atomic E-state index is 12.1. The fraction of sp³-hybridized carbons (Fsp3) is 0.474. The van der Waals surface area contributed by atoms with Crippen molar-refractivity contribution in [3.8, 4) is 5.75 Å². The van der Waals surface area contributed by atoms with Gasteiger partial charge in [0.05, 0.1) is 17.9 Å². The summed E-state index contributed by atoms with van der Waals surface area (Å²) in [5, 5.41) is 10.00. The number of nitrogens with zero attached hydrogens (tertiary/aromatic N) is 2. The maximum absolute atomic E-state index is 12.1. The Labute approximate surface area is 149 Å². The third-order valence-electron chi connectivity index (χ3n) is 3.61. The van der Waals surface area contributed by atoms with Crippen LogP contribution in [0.1, 0.15) is 43.3 Å². The zero-order chi connectivity index (χ0) is 18.6. The summed E-state index contributed by atoms with van der Waals surface area (Å²) in [6.07, 6.45) is 0. The number of benzene rings is 1. The van der Waals surface area contributed by atoms with Crippen molar-refractivity contribution in [3.63, 3.8) is 0 Å². The molecule has 0 fully saturated rings. The molecule has 2 rings (SSSR count). The SMILES string of the molecule is Cc1ccc(CNC(=O)NCc2cc(C)nn2C)c(OC(C)(C)C)c1. The minimum absolute atomic E-state index is 0.221. The second kappa shape index (κ2) is 7.59. The van der Waals surface area contributed by atoms with E-state index in [1.807, 2.05) is 65.9 Å². The van der Waals surface area contributed by atoms with Gasteiger partial charge in [-0.3, -0.25) is 4.68 Å². The highest BCUT2D eigenvalue weighted by Crippen LogP contribution is 2.24. The van der Waals surface area contributed by atoms with Gasteiger partial charge in [-0.2, -0.15) is 5.10 Å². The summed E-state index contributed by atoms with van der Waals surface area (Å²) in [7, 11) is 1.87. The van der Waals surface area contributed by atoms with Gasteiger partial charge in [-0.05, 0) is 52.3 Å². The molecule has 1 heterocycles. The number of urea groups is 1. The smallest absolute Gasteiger partial charge is 0.315 e. The van der Waals surface area contributed by atoms with Crippen LogP contribution < -0.4 is 15.4 Å². The Morgan fingerprint density at radius 2 is 1.84 bits per heavy atom. The standard InChI is InChI=1S/C19H28N4O2/c1-13-7-8-15(17(9-13)25-19(3,4)5)11-20-18(24)21-12-16-10-14(2)22-23(16)6/h7-10H,11-12H2,1-6H3,(H2,20,21,24). The molecule has 6 nitrogen and oxygen atoms in total. The molecule has 0 bridgehead atoms. The normalized spacial score (nSPS) is 11.3. The third-order valence-corrected chi connectivity index (χ3v) is 3.61. The number of nitrogens with one attached hydrogen (secondary N) is 2. The Hall–Kier alpha value is -2.50. The van der Waals surface area contributed by atoms with Crippen LogP contribution in [0.25, 0.3) is 0 Å².